The van der Waals surface area contributed by atoms with E-state index in [9.17, 15) is 9.90 Å². The lowest BCUT2D eigenvalue weighted by atomic mass is 9.94. The molecule has 0 fully saturated rings. The second kappa shape index (κ2) is 18.5. The van der Waals surface area contributed by atoms with Gasteiger partial charge in [-0.3, -0.25) is 4.79 Å². The monoisotopic (exact) mass is 421 g/mol. The zero-order valence-corrected chi connectivity index (χ0v) is 19.7. The standard InChI is InChI=1S/C26H47NO3/c1-3-5-7-9-11-12-14-16-19-23(18-15-13-10-8-6-4-2)22-27-26(29)25(28)24-20-17-21-30-24/h17,20-21,23,25,28H,3-16,18-19,22H2,1-2H3,(H,27,29). The van der Waals surface area contributed by atoms with Crippen molar-refractivity contribution in [3.05, 3.63) is 24.2 Å². The van der Waals surface area contributed by atoms with Gasteiger partial charge in [0.15, 0.2) is 6.10 Å². The minimum Gasteiger partial charge on any atom is -0.466 e. The summed E-state index contributed by atoms with van der Waals surface area (Å²) in [7, 11) is 0. The van der Waals surface area contributed by atoms with Crippen molar-refractivity contribution in [2.45, 2.75) is 123 Å². The van der Waals surface area contributed by atoms with Gasteiger partial charge in [-0.1, -0.05) is 104 Å². The predicted molar refractivity (Wildman–Crippen MR) is 125 cm³/mol. The summed E-state index contributed by atoms with van der Waals surface area (Å²) in [5.41, 5.74) is 0. The highest BCUT2D eigenvalue weighted by Gasteiger charge is 2.20. The maximum absolute atomic E-state index is 12.3. The zero-order chi connectivity index (χ0) is 21.9. The highest BCUT2D eigenvalue weighted by molar-refractivity contribution is 5.81. The van der Waals surface area contributed by atoms with Crippen molar-refractivity contribution >= 4 is 5.91 Å². The molecule has 0 aliphatic rings. The molecule has 4 nitrogen and oxygen atoms in total. The van der Waals surface area contributed by atoms with Gasteiger partial charge in [0.2, 0.25) is 0 Å². The second-order valence-corrected chi connectivity index (χ2v) is 8.85. The van der Waals surface area contributed by atoms with E-state index in [0.29, 0.717) is 18.2 Å². The molecule has 0 spiro atoms. The smallest absolute Gasteiger partial charge is 0.256 e. The Hall–Kier alpha value is -1.29. The minimum absolute atomic E-state index is 0.308. The van der Waals surface area contributed by atoms with Crippen LogP contribution >= 0.6 is 0 Å². The Bertz CT molecular complexity index is 500. The van der Waals surface area contributed by atoms with Crippen LogP contribution in [-0.4, -0.2) is 17.6 Å². The molecule has 0 radical (unpaired) electrons. The average Bonchev–Trinajstić information content (AvgIpc) is 3.29. The molecule has 0 saturated heterocycles. The third kappa shape index (κ3) is 13.1. The van der Waals surface area contributed by atoms with E-state index in [1.54, 1.807) is 12.1 Å². The van der Waals surface area contributed by atoms with Crippen LogP contribution in [0.1, 0.15) is 128 Å². The first-order valence-electron chi connectivity index (χ1n) is 12.7. The molecule has 1 amide bonds. The predicted octanol–water partition coefficient (Wildman–Crippen LogP) is 7.33. The molecule has 1 rings (SSSR count). The molecule has 0 saturated carbocycles. The van der Waals surface area contributed by atoms with E-state index < -0.39 is 6.10 Å². The van der Waals surface area contributed by atoms with Crippen LogP contribution in [0.3, 0.4) is 0 Å². The summed E-state index contributed by atoms with van der Waals surface area (Å²) in [5.74, 6) is 0.459. The van der Waals surface area contributed by atoms with Crippen molar-refractivity contribution in [1.82, 2.24) is 5.32 Å². The fourth-order valence-corrected chi connectivity index (χ4v) is 4.05. The molecule has 174 valence electrons. The third-order valence-corrected chi connectivity index (χ3v) is 6.06. The molecule has 1 heterocycles. The molecule has 30 heavy (non-hydrogen) atoms. The lowest BCUT2D eigenvalue weighted by Gasteiger charge is -2.19. The number of unbranched alkanes of at least 4 members (excludes halogenated alkanes) is 12. The summed E-state index contributed by atoms with van der Waals surface area (Å²) in [6.07, 6.45) is 21.0. The van der Waals surface area contributed by atoms with E-state index in [2.05, 4.69) is 19.2 Å². The van der Waals surface area contributed by atoms with E-state index in [-0.39, 0.29) is 5.91 Å². The van der Waals surface area contributed by atoms with Crippen molar-refractivity contribution < 1.29 is 14.3 Å². The Morgan fingerprint density at radius 1 is 0.867 bits per heavy atom. The largest absolute Gasteiger partial charge is 0.466 e. The summed E-state index contributed by atoms with van der Waals surface area (Å²) >= 11 is 0. The van der Waals surface area contributed by atoms with Crippen molar-refractivity contribution in [3.63, 3.8) is 0 Å². The number of carbonyl (C=O) groups excluding carboxylic acids is 1. The molecule has 0 bridgehead atoms. The van der Waals surface area contributed by atoms with Crippen molar-refractivity contribution in [2.75, 3.05) is 6.54 Å². The summed E-state index contributed by atoms with van der Waals surface area (Å²) in [5, 5.41) is 13.1. The number of nitrogens with one attached hydrogen (secondary N) is 1. The molecule has 1 aromatic rings. The number of amides is 1. The van der Waals surface area contributed by atoms with Crippen LogP contribution in [0.25, 0.3) is 0 Å². The second-order valence-electron chi connectivity index (χ2n) is 8.85. The first-order valence-corrected chi connectivity index (χ1v) is 12.7. The summed E-state index contributed by atoms with van der Waals surface area (Å²) in [6, 6.07) is 3.33. The van der Waals surface area contributed by atoms with Gasteiger partial charge < -0.3 is 14.8 Å². The molecule has 4 heteroatoms. The van der Waals surface area contributed by atoms with Crippen LogP contribution < -0.4 is 5.32 Å². The SMILES string of the molecule is CCCCCCCCCCC(CCCCCCCC)CNC(=O)C(O)c1ccco1. The molecule has 0 aromatic carbocycles. The lowest BCUT2D eigenvalue weighted by molar-refractivity contribution is -0.130. The van der Waals surface area contributed by atoms with E-state index in [1.807, 2.05) is 0 Å². The Kier molecular flexibility index (Phi) is 16.5. The number of rotatable bonds is 20. The van der Waals surface area contributed by atoms with Crippen LogP contribution in [0.5, 0.6) is 0 Å². The number of hydrogen-bond donors (Lipinski definition) is 2. The van der Waals surface area contributed by atoms with Crippen LogP contribution in [0, 0.1) is 5.92 Å². The van der Waals surface area contributed by atoms with Gasteiger partial charge in [0.25, 0.3) is 5.91 Å². The quantitative estimate of drug-likeness (QED) is 0.217. The average molecular weight is 422 g/mol. The van der Waals surface area contributed by atoms with Gasteiger partial charge in [0, 0.05) is 6.54 Å². The summed E-state index contributed by atoms with van der Waals surface area (Å²) < 4.78 is 5.15. The summed E-state index contributed by atoms with van der Waals surface area (Å²) in [4.78, 5) is 12.3. The third-order valence-electron chi connectivity index (χ3n) is 6.06. The summed E-state index contributed by atoms with van der Waals surface area (Å²) in [6.45, 7) is 5.16. The maximum Gasteiger partial charge on any atom is 0.256 e. The van der Waals surface area contributed by atoms with Gasteiger partial charge in [-0.2, -0.15) is 0 Å². The van der Waals surface area contributed by atoms with Gasteiger partial charge in [0.05, 0.1) is 6.26 Å². The van der Waals surface area contributed by atoms with E-state index in [1.165, 1.54) is 109 Å². The topological polar surface area (TPSA) is 62.5 Å². The number of hydrogen-bond acceptors (Lipinski definition) is 3. The molecular weight excluding hydrogens is 374 g/mol. The number of aliphatic hydroxyl groups is 1. The Labute approximate surface area is 185 Å². The van der Waals surface area contributed by atoms with Crippen LogP contribution in [0.2, 0.25) is 0 Å². The number of aliphatic hydroxyl groups excluding tert-OH is 1. The van der Waals surface area contributed by atoms with Gasteiger partial charge in [-0.15, -0.1) is 0 Å². The molecule has 2 atom stereocenters. The number of furan rings is 1. The number of carbonyl (C=O) groups is 1. The van der Waals surface area contributed by atoms with E-state index in [4.69, 9.17) is 4.42 Å². The normalized spacial score (nSPS) is 13.3. The zero-order valence-electron chi connectivity index (χ0n) is 19.7. The molecule has 1 aromatic heterocycles. The van der Waals surface area contributed by atoms with Crippen LogP contribution in [0.15, 0.2) is 22.8 Å². The van der Waals surface area contributed by atoms with Crippen molar-refractivity contribution in [2.24, 2.45) is 5.92 Å². The molecule has 2 unspecified atom stereocenters. The van der Waals surface area contributed by atoms with Gasteiger partial charge in [-0.05, 0) is 30.9 Å². The molecule has 0 aliphatic carbocycles. The Balaban J connectivity index is 2.29. The van der Waals surface area contributed by atoms with E-state index in [0.717, 1.165) is 0 Å². The lowest BCUT2D eigenvalue weighted by Crippen LogP contribution is -2.33. The van der Waals surface area contributed by atoms with Crippen LogP contribution in [-0.2, 0) is 4.79 Å². The van der Waals surface area contributed by atoms with Gasteiger partial charge >= 0.3 is 0 Å². The fraction of sp³-hybridized carbons (Fsp3) is 0.808. The van der Waals surface area contributed by atoms with Gasteiger partial charge in [0.1, 0.15) is 5.76 Å². The Morgan fingerprint density at radius 2 is 1.37 bits per heavy atom. The highest BCUT2D eigenvalue weighted by atomic mass is 16.4. The maximum atomic E-state index is 12.3. The minimum atomic E-state index is -1.21. The first kappa shape index (κ1) is 26.7. The van der Waals surface area contributed by atoms with Crippen LogP contribution in [0.4, 0.5) is 0 Å². The molecule has 2 N–H and O–H groups in total. The van der Waals surface area contributed by atoms with Crippen molar-refractivity contribution in [3.8, 4) is 0 Å². The first-order chi connectivity index (χ1) is 14.7. The van der Waals surface area contributed by atoms with Crippen molar-refractivity contribution in [1.29, 1.82) is 0 Å². The Morgan fingerprint density at radius 3 is 1.83 bits per heavy atom. The highest BCUT2D eigenvalue weighted by Crippen LogP contribution is 2.20. The fourth-order valence-electron chi connectivity index (χ4n) is 4.05. The van der Waals surface area contributed by atoms with E-state index >= 15 is 0 Å². The molecular formula is C26H47NO3. The van der Waals surface area contributed by atoms with Gasteiger partial charge in [-0.25, -0.2) is 0 Å². The molecule has 0 aliphatic heterocycles.